The third-order valence-electron chi connectivity index (χ3n) is 4.10. The average molecular weight is 278 g/mol. The van der Waals surface area contributed by atoms with Crippen LogP contribution in [0.5, 0.6) is 0 Å². The lowest BCUT2D eigenvalue weighted by Crippen LogP contribution is -2.42. The second-order valence-electron chi connectivity index (χ2n) is 5.60. The fraction of sp³-hybridized carbons (Fsp3) is 0.688. The van der Waals surface area contributed by atoms with Crippen LogP contribution >= 0.6 is 0 Å². The van der Waals surface area contributed by atoms with Crippen LogP contribution in [-0.2, 0) is 11.2 Å². The maximum absolute atomic E-state index is 12.5. The van der Waals surface area contributed by atoms with Gasteiger partial charge >= 0.3 is 0 Å². The maximum atomic E-state index is 12.5. The Hall–Kier alpha value is -1.29. The number of carbonyl (C=O) groups excluding carboxylic acids is 1. The molecule has 0 bridgehead atoms. The molecule has 1 aromatic heterocycles. The first-order chi connectivity index (χ1) is 9.81. The highest BCUT2D eigenvalue weighted by atomic mass is 16.3. The molecule has 1 fully saturated rings. The van der Waals surface area contributed by atoms with Gasteiger partial charge in [0.15, 0.2) is 0 Å². The van der Waals surface area contributed by atoms with E-state index < -0.39 is 0 Å². The zero-order valence-corrected chi connectivity index (χ0v) is 12.2. The third-order valence-corrected chi connectivity index (χ3v) is 4.10. The van der Waals surface area contributed by atoms with Gasteiger partial charge in [-0.3, -0.25) is 4.79 Å². The van der Waals surface area contributed by atoms with E-state index in [0.717, 1.165) is 31.6 Å². The quantitative estimate of drug-likeness (QED) is 0.834. The molecule has 1 amide bonds. The van der Waals surface area contributed by atoms with Crippen molar-refractivity contribution >= 4 is 5.91 Å². The highest BCUT2D eigenvalue weighted by molar-refractivity contribution is 5.76. The van der Waals surface area contributed by atoms with Crippen LogP contribution in [0.15, 0.2) is 22.8 Å². The van der Waals surface area contributed by atoms with E-state index in [-0.39, 0.29) is 5.91 Å². The molecule has 1 aromatic rings. The van der Waals surface area contributed by atoms with E-state index >= 15 is 0 Å². The zero-order chi connectivity index (χ0) is 14.2. The molecule has 4 nitrogen and oxygen atoms in total. The molecule has 0 saturated heterocycles. The number of carbonyl (C=O) groups is 1. The van der Waals surface area contributed by atoms with Crippen molar-refractivity contribution in [3.63, 3.8) is 0 Å². The van der Waals surface area contributed by atoms with E-state index in [0.29, 0.717) is 25.4 Å². The molecule has 1 aliphatic rings. The van der Waals surface area contributed by atoms with E-state index in [9.17, 15) is 4.79 Å². The number of hydrogen-bond donors (Lipinski definition) is 1. The molecule has 20 heavy (non-hydrogen) atoms. The summed E-state index contributed by atoms with van der Waals surface area (Å²) in [5.74, 6) is 1.14. The number of nitrogens with zero attached hydrogens (tertiary/aromatic N) is 1. The summed E-state index contributed by atoms with van der Waals surface area (Å²) in [6.07, 6.45) is 9.88. The van der Waals surface area contributed by atoms with Gasteiger partial charge in [-0.1, -0.05) is 19.3 Å². The Balaban J connectivity index is 1.88. The van der Waals surface area contributed by atoms with Crippen molar-refractivity contribution in [3.8, 4) is 0 Å². The summed E-state index contributed by atoms with van der Waals surface area (Å²) >= 11 is 0. The molecule has 0 radical (unpaired) electrons. The lowest BCUT2D eigenvalue weighted by molar-refractivity contribution is -0.134. The smallest absolute Gasteiger partial charge is 0.223 e. The highest BCUT2D eigenvalue weighted by Crippen LogP contribution is 2.23. The van der Waals surface area contributed by atoms with E-state index in [4.69, 9.17) is 10.2 Å². The van der Waals surface area contributed by atoms with Crippen molar-refractivity contribution in [1.82, 2.24) is 4.90 Å². The van der Waals surface area contributed by atoms with Crippen LogP contribution in [0.1, 0.15) is 50.7 Å². The van der Waals surface area contributed by atoms with Crippen molar-refractivity contribution in [3.05, 3.63) is 24.2 Å². The second-order valence-corrected chi connectivity index (χ2v) is 5.60. The standard InChI is InChI=1S/C16H26N2O2/c17-11-5-12-18(14-6-2-1-3-7-14)16(19)10-9-15-8-4-13-20-15/h4,8,13-14H,1-3,5-7,9-12,17H2. The molecule has 2 rings (SSSR count). The summed E-state index contributed by atoms with van der Waals surface area (Å²) in [4.78, 5) is 14.6. The molecule has 0 aromatic carbocycles. The number of nitrogens with two attached hydrogens (primary N) is 1. The first-order valence-corrected chi connectivity index (χ1v) is 7.83. The lowest BCUT2D eigenvalue weighted by Gasteiger charge is -2.34. The minimum atomic E-state index is 0.252. The van der Waals surface area contributed by atoms with Crippen molar-refractivity contribution < 1.29 is 9.21 Å². The van der Waals surface area contributed by atoms with Gasteiger partial charge in [0.2, 0.25) is 5.91 Å². The predicted octanol–water partition coefficient (Wildman–Crippen LogP) is 2.72. The number of aryl methyl sites for hydroxylation is 1. The third kappa shape index (κ3) is 4.37. The average Bonchev–Trinajstić information content (AvgIpc) is 3.00. The van der Waals surface area contributed by atoms with Crippen LogP contribution < -0.4 is 5.73 Å². The SMILES string of the molecule is NCCCN(C(=O)CCc1ccco1)C1CCCCC1. The lowest BCUT2D eigenvalue weighted by atomic mass is 9.93. The Labute approximate surface area is 121 Å². The molecular weight excluding hydrogens is 252 g/mol. The Morgan fingerprint density at radius 2 is 2.15 bits per heavy atom. The second kappa shape index (κ2) is 8.10. The normalized spacial score (nSPS) is 16.2. The van der Waals surface area contributed by atoms with E-state index in [1.807, 2.05) is 12.1 Å². The molecule has 0 atom stereocenters. The number of amides is 1. The first-order valence-electron chi connectivity index (χ1n) is 7.83. The fourth-order valence-electron chi connectivity index (χ4n) is 2.99. The van der Waals surface area contributed by atoms with Crippen LogP contribution in [0.2, 0.25) is 0 Å². The zero-order valence-electron chi connectivity index (χ0n) is 12.2. The summed E-state index contributed by atoms with van der Waals surface area (Å²) < 4.78 is 5.30. The van der Waals surface area contributed by atoms with Crippen LogP contribution in [0.4, 0.5) is 0 Å². The van der Waals surface area contributed by atoms with Crippen molar-refractivity contribution in [1.29, 1.82) is 0 Å². The molecule has 1 saturated carbocycles. The van der Waals surface area contributed by atoms with Crippen LogP contribution in [-0.4, -0.2) is 29.9 Å². The van der Waals surface area contributed by atoms with Gasteiger partial charge in [0.25, 0.3) is 0 Å². The predicted molar refractivity (Wildman–Crippen MR) is 79.3 cm³/mol. The highest BCUT2D eigenvalue weighted by Gasteiger charge is 2.24. The van der Waals surface area contributed by atoms with Crippen LogP contribution in [0.25, 0.3) is 0 Å². The Morgan fingerprint density at radius 1 is 1.35 bits per heavy atom. The molecule has 1 heterocycles. The van der Waals surface area contributed by atoms with Gasteiger partial charge in [0.1, 0.15) is 5.76 Å². The molecule has 1 aliphatic carbocycles. The van der Waals surface area contributed by atoms with Crippen molar-refractivity contribution in [2.24, 2.45) is 5.73 Å². The number of furan rings is 1. The first kappa shape index (κ1) is 15.1. The van der Waals surface area contributed by atoms with Gasteiger partial charge in [0.05, 0.1) is 6.26 Å². The minimum Gasteiger partial charge on any atom is -0.469 e. The van der Waals surface area contributed by atoms with Gasteiger partial charge in [0, 0.05) is 25.4 Å². The summed E-state index contributed by atoms with van der Waals surface area (Å²) in [6.45, 7) is 1.45. The summed E-state index contributed by atoms with van der Waals surface area (Å²) in [7, 11) is 0. The minimum absolute atomic E-state index is 0.252. The summed E-state index contributed by atoms with van der Waals surface area (Å²) in [5.41, 5.74) is 5.60. The summed E-state index contributed by atoms with van der Waals surface area (Å²) in [6, 6.07) is 4.23. The van der Waals surface area contributed by atoms with E-state index in [2.05, 4.69) is 4.90 Å². The summed E-state index contributed by atoms with van der Waals surface area (Å²) in [5, 5.41) is 0. The molecular formula is C16H26N2O2. The molecule has 2 N–H and O–H groups in total. The van der Waals surface area contributed by atoms with Gasteiger partial charge < -0.3 is 15.1 Å². The molecule has 112 valence electrons. The topological polar surface area (TPSA) is 59.5 Å². The van der Waals surface area contributed by atoms with Crippen molar-refractivity contribution in [2.75, 3.05) is 13.1 Å². The number of rotatable bonds is 7. The van der Waals surface area contributed by atoms with Gasteiger partial charge in [-0.05, 0) is 37.9 Å². The van der Waals surface area contributed by atoms with Gasteiger partial charge in [-0.2, -0.15) is 0 Å². The Kier molecular flexibility index (Phi) is 6.12. The van der Waals surface area contributed by atoms with Crippen LogP contribution in [0.3, 0.4) is 0 Å². The number of hydrogen-bond acceptors (Lipinski definition) is 3. The van der Waals surface area contributed by atoms with E-state index in [1.165, 1.54) is 19.3 Å². The Bertz CT molecular complexity index is 383. The molecule has 0 aliphatic heterocycles. The molecule has 4 heteroatoms. The van der Waals surface area contributed by atoms with Gasteiger partial charge in [-0.25, -0.2) is 0 Å². The van der Waals surface area contributed by atoms with E-state index in [1.54, 1.807) is 6.26 Å². The van der Waals surface area contributed by atoms with Crippen LogP contribution in [0, 0.1) is 0 Å². The maximum Gasteiger partial charge on any atom is 0.223 e. The largest absolute Gasteiger partial charge is 0.469 e. The Morgan fingerprint density at radius 3 is 2.80 bits per heavy atom. The van der Waals surface area contributed by atoms with Gasteiger partial charge in [-0.15, -0.1) is 0 Å². The van der Waals surface area contributed by atoms with Crippen molar-refractivity contribution in [2.45, 2.75) is 57.4 Å². The molecule has 0 unspecified atom stereocenters. The monoisotopic (exact) mass is 278 g/mol. The fourth-order valence-corrected chi connectivity index (χ4v) is 2.99. The molecule has 0 spiro atoms.